The Labute approximate surface area is 166 Å². The normalized spacial score (nSPS) is 22.0. The van der Waals surface area contributed by atoms with Gasteiger partial charge in [-0.05, 0) is 42.7 Å². The molecule has 1 saturated heterocycles. The van der Waals surface area contributed by atoms with Crippen LogP contribution in [-0.2, 0) is 11.2 Å². The first-order chi connectivity index (χ1) is 13.9. The molecule has 1 aromatic heterocycles. The first-order valence-electron chi connectivity index (χ1n) is 9.42. The second-order valence-corrected chi connectivity index (χ2v) is 7.54. The van der Waals surface area contributed by atoms with Crippen molar-refractivity contribution in [2.24, 2.45) is 5.41 Å². The third-order valence-electron chi connectivity index (χ3n) is 5.75. The molecule has 0 saturated carbocycles. The highest BCUT2D eigenvalue weighted by Crippen LogP contribution is 2.36. The Morgan fingerprint density at radius 2 is 1.93 bits per heavy atom. The van der Waals surface area contributed by atoms with Crippen molar-refractivity contribution < 1.29 is 24.2 Å². The minimum Gasteiger partial charge on any atom is -0.481 e. The lowest BCUT2D eigenvalue weighted by Crippen LogP contribution is -2.58. The summed E-state index contributed by atoms with van der Waals surface area (Å²) >= 11 is 0. The Morgan fingerprint density at radius 3 is 2.66 bits per heavy atom. The van der Waals surface area contributed by atoms with E-state index in [2.05, 4.69) is 4.98 Å². The van der Waals surface area contributed by atoms with Crippen LogP contribution in [-0.4, -0.2) is 51.2 Å². The van der Waals surface area contributed by atoms with Gasteiger partial charge in [-0.15, -0.1) is 0 Å². The number of hydrogen-bond donors (Lipinski definition) is 3. The number of H-pyrrole nitrogens is 1. The molecule has 0 aliphatic carbocycles. The van der Waals surface area contributed by atoms with Crippen LogP contribution in [0.4, 0.5) is 4.39 Å². The van der Waals surface area contributed by atoms with Crippen LogP contribution in [0, 0.1) is 11.2 Å². The zero-order valence-electron chi connectivity index (χ0n) is 15.6. The standard InChI is InChI=1S/C22H21FN2O4/c23-16-6-4-14(5-7-16)12-22(21(28)29)13-25(11-9-18(22)26)20(27)17-3-1-2-15-8-10-24-19(15)17/h1-8,10,18,24,26H,9,11-13H2,(H,28,29)/t18-,22+/m0/s1. The Hall–Kier alpha value is -3.19. The summed E-state index contributed by atoms with van der Waals surface area (Å²) in [4.78, 5) is 30.0. The lowest BCUT2D eigenvalue weighted by Gasteiger charge is -2.43. The molecule has 1 amide bonds. The number of carbonyl (C=O) groups excluding carboxylic acids is 1. The average Bonchev–Trinajstić information content (AvgIpc) is 3.19. The van der Waals surface area contributed by atoms with Gasteiger partial charge in [-0.25, -0.2) is 4.39 Å². The van der Waals surface area contributed by atoms with Gasteiger partial charge in [0.2, 0.25) is 0 Å². The first kappa shape index (κ1) is 19.1. The molecule has 6 nitrogen and oxygen atoms in total. The number of nitrogens with zero attached hydrogens (tertiary/aromatic N) is 1. The molecule has 2 heterocycles. The molecule has 3 N–H and O–H groups in total. The minimum absolute atomic E-state index is 0.000260. The number of amides is 1. The monoisotopic (exact) mass is 396 g/mol. The van der Waals surface area contributed by atoms with E-state index in [-0.39, 0.29) is 31.8 Å². The van der Waals surface area contributed by atoms with Crippen molar-refractivity contribution in [1.82, 2.24) is 9.88 Å². The highest BCUT2D eigenvalue weighted by atomic mass is 19.1. The first-order valence-corrected chi connectivity index (χ1v) is 9.42. The third-order valence-corrected chi connectivity index (χ3v) is 5.75. The van der Waals surface area contributed by atoms with E-state index < -0.39 is 23.3 Å². The smallest absolute Gasteiger partial charge is 0.314 e. The Balaban J connectivity index is 1.66. The molecule has 2 aromatic carbocycles. The highest BCUT2D eigenvalue weighted by Gasteiger charge is 2.50. The van der Waals surface area contributed by atoms with Gasteiger partial charge in [0.15, 0.2) is 0 Å². The van der Waals surface area contributed by atoms with Crippen LogP contribution in [0.25, 0.3) is 10.9 Å². The van der Waals surface area contributed by atoms with Crippen LogP contribution in [0.15, 0.2) is 54.7 Å². The van der Waals surface area contributed by atoms with Gasteiger partial charge in [-0.2, -0.15) is 0 Å². The largest absolute Gasteiger partial charge is 0.481 e. The van der Waals surface area contributed by atoms with Crippen LogP contribution in [0.5, 0.6) is 0 Å². The fraction of sp³-hybridized carbons (Fsp3) is 0.273. The maximum atomic E-state index is 13.2. The van der Waals surface area contributed by atoms with Crippen molar-refractivity contribution in [2.45, 2.75) is 18.9 Å². The van der Waals surface area contributed by atoms with E-state index in [1.54, 1.807) is 18.3 Å². The number of aromatic nitrogens is 1. The average molecular weight is 396 g/mol. The van der Waals surface area contributed by atoms with Crippen molar-refractivity contribution in [3.63, 3.8) is 0 Å². The Morgan fingerprint density at radius 1 is 1.17 bits per heavy atom. The molecule has 4 rings (SSSR count). The molecule has 1 fully saturated rings. The second-order valence-electron chi connectivity index (χ2n) is 7.54. The number of aliphatic hydroxyl groups excluding tert-OH is 1. The molecule has 29 heavy (non-hydrogen) atoms. The predicted octanol–water partition coefficient (Wildman–Crippen LogP) is 2.83. The zero-order chi connectivity index (χ0) is 20.6. The van der Waals surface area contributed by atoms with Crippen LogP contribution >= 0.6 is 0 Å². The Bertz CT molecular complexity index is 1060. The quantitative estimate of drug-likeness (QED) is 0.632. The number of carbonyl (C=O) groups is 2. The molecule has 0 radical (unpaired) electrons. The number of para-hydroxylation sites is 1. The van der Waals surface area contributed by atoms with Gasteiger partial charge in [-0.1, -0.05) is 24.3 Å². The van der Waals surface area contributed by atoms with E-state index in [9.17, 15) is 24.2 Å². The lowest BCUT2D eigenvalue weighted by atomic mass is 9.72. The lowest BCUT2D eigenvalue weighted by molar-refractivity contribution is -0.161. The summed E-state index contributed by atoms with van der Waals surface area (Å²) in [7, 11) is 0. The van der Waals surface area contributed by atoms with Crippen LogP contribution in [0.3, 0.4) is 0 Å². The Kier molecular flexibility index (Phi) is 4.84. The van der Waals surface area contributed by atoms with Crippen molar-refractivity contribution in [3.8, 4) is 0 Å². The van der Waals surface area contributed by atoms with E-state index in [1.165, 1.54) is 29.2 Å². The number of halogens is 1. The van der Waals surface area contributed by atoms with Crippen LogP contribution < -0.4 is 0 Å². The van der Waals surface area contributed by atoms with Gasteiger partial charge in [0.25, 0.3) is 5.91 Å². The van der Waals surface area contributed by atoms with E-state index in [0.29, 0.717) is 16.6 Å². The van der Waals surface area contributed by atoms with Gasteiger partial charge in [0, 0.05) is 24.7 Å². The topological polar surface area (TPSA) is 93.6 Å². The predicted molar refractivity (Wildman–Crippen MR) is 105 cm³/mol. The number of aliphatic hydroxyl groups is 1. The number of carboxylic acids is 1. The van der Waals surface area contributed by atoms with Crippen molar-refractivity contribution in [2.75, 3.05) is 13.1 Å². The summed E-state index contributed by atoms with van der Waals surface area (Å²) in [6.07, 6.45) is 0.785. The molecule has 0 unspecified atom stereocenters. The van der Waals surface area contributed by atoms with E-state index in [4.69, 9.17) is 0 Å². The number of nitrogens with one attached hydrogen (secondary N) is 1. The molecule has 2 atom stereocenters. The summed E-state index contributed by atoms with van der Waals surface area (Å²) in [6, 6.07) is 12.8. The summed E-state index contributed by atoms with van der Waals surface area (Å²) in [5.74, 6) is -1.88. The summed E-state index contributed by atoms with van der Waals surface area (Å²) < 4.78 is 13.2. The minimum atomic E-state index is -1.56. The van der Waals surface area contributed by atoms with Gasteiger partial charge < -0.3 is 20.1 Å². The maximum absolute atomic E-state index is 13.2. The number of fused-ring (bicyclic) bond motifs is 1. The summed E-state index contributed by atoms with van der Waals surface area (Å²) in [6.45, 7) is 0.131. The fourth-order valence-electron chi connectivity index (χ4n) is 4.11. The van der Waals surface area contributed by atoms with Crippen molar-refractivity contribution >= 4 is 22.8 Å². The van der Waals surface area contributed by atoms with Gasteiger partial charge >= 0.3 is 5.97 Å². The number of hydrogen-bond acceptors (Lipinski definition) is 3. The summed E-state index contributed by atoms with van der Waals surface area (Å²) in [5.41, 5.74) is 0.191. The molecular formula is C22H21FN2O4. The molecule has 7 heteroatoms. The van der Waals surface area contributed by atoms with Gasteiger partial charge in [-0.3, -0.25) is 9.59 Å². The number of benzene rings is 2. The summed E-state index contributed by atoms with van der Waals surface area (Å²) in [5, 5.41) is 21.5. The van der Waals surface area contributed by atoms with E-state index >= 15 is 0 Å². The number of aromatic amines is 1. The molecule has 1 aliphatic rings. The number of carboxylic acid groups (broad SMARTS) is 1. The number of piperidine rings is 1. The number of rotatable bonds is 4. The number of likely N-dealkylation sites (tertiary alicyclic amines) is 1. The van der Waals surface area contributed by atoms with Crippen LogP contribution in [0.2, 0.25) is 0 Å². The zero-order valence-corrected chi connectivity index (χ0v) is 15.6. The molecule has 3 aromatic rings. The second kappa shape index (κ2) is 7.33. The van der Waals surface area contributed by atoms with Crippen molar-refractivity contribution in [1.29, 1.82) is 0 Å². The van der Waals surface area contributed by atoms with Crippen molar-refractivity contribution in [3.05, 3.63) is 71.7 Å². The highest BCUT2D eigenvalue weighted by molar-refractivity contribution is 6.05. The molecule has 150 valence electrons. The van der Waals surface area contributed by atoms with E-state index in [1.807, 2.05) is 12.1 Å². The van der Waals surface area contributed by atoms with Gasteiger partial charge in [0.05, 0.1) is 17.2 Å². The SMILES string of the molecule is O=C(c1cccc2cc[nH]c12)N1CC[C@H](O)[C@](Cc2ccc(F)cc2)(C(=O)O)C1. The number of aliphatic carboxylic acids is 1. The fourth-order valence-corrected chi connectivity index (χ4v) is 4.11. The van der Waals surface area contributed by atoms with Crippen LogP contribution in [0.1, 0.15) is 22.3 Å². The third kappa shape index (κ3) is 3.38. The van der Waals surface area contributed by atoms with Gasteiger partial charge in [0.1, 0.15) is 11.2 Å². The molecule has 1 aliphatic heterocycles. The maximum Gasteiger partial charge on any atom is 0.314 e. The molecular weight excluding hydrogens is 375 g/mol. The molecule has 0 spiro atoms. The molecule has 0 bridgehead atoms. The van der Waals surface area contributed by atoms with E-state index in [0.717, 1.165) is 5.39 Å².